The molecule has 14 heavy (non-hydrogen) atoms. The summed E-state index contributed by atoms with van der Waals surface area (Å²) in [5.41, 5.74) is 1.72. The van der Waals surface area contributed by atoms with Crippen LogP contribution < -0.4 is 5.32 Å². The number of hydrogen-bond acceptors (Lipinski definition) is 1. The van der Waals surface area contributed by atoms with Crippen LogP contribution in [-0.2, 0) is 0 Å². The Hall–Kier alpha value is -0.670. The van der Waals surface area contributed by atoms with Gasteiger partial charge in [-0.3, -0.25) is 0 Å². The first-order valence-electron chi connectivity index (χ1n) is 4.41. The molecule has 1 nitrogen and oxygen atoms in total. The zero-order valence-electron chi connectivity index (χ0n) is 8.27. The Bertz CT molecular complexity index is 347. The van der Waals surface area contributed by atoms with Crippen LogP contribution in [-0.4, -0.2) is 13.6 Å². The largest absolute Gasteiger partial charge is 0.316 e. The van der Waals surface area contributed by atoms with E-state index in [1.807, 2.05) is 26.1 Å². The zero-order chi connectivity index (χ0) is 10.6. The molecule has 0 aliphatic carbocycles. The number of halogens is 2. The standard InChI is InChI=1S/C11H13BrFN/c1-8(7-14-2)6-9-4-3-5-10(12)11(9)13/h3-6,14H,7H2,1-2H3/b8-6+. The molecule has 1 aromatic rings. The molecule has 0 atom stereocenters. The molecule has 0 saturated heterocycles. The van der Waals surface area contributed by atoms with E-state index in [0.29, 0.717) is 10.0 Å². The molecular formula is C11H13BrFN. The Kier molecular flexibility index (Phi) is 4.29. The number of hydrogen-bond donors (Lipinski definition) is 1. The fourth-order valence-corrected chi connectivity index (χ4v) is 1.61. The molecule has 1 rings (SSSR count). The van der Waals surface area contributed by atoms with Gasteiger partial charge in [-0.15, -0.1) is 0 Å². The lowest BCUT2D eigenvalue weighted by molar-refractivity contribution is 0.618. The van der Waals surface area contributed by atoms with E-state index in [4.69, 9.17) is 0 Å². The molecule has 0 saturated carbocycles. The van der Waals surface area contributed by atoms with Crippen LogP contribution in [0.25, 0.3) is 6.08 Å². The van der Waals surface area contributed by atoms with Crippen molar-refractivity contribution in [3.8, 4) is 0 Å². The van der Waals surface area contributed by atoms with Crippen molar-refractivity contribution in [2.24, 2.45) is 0 Å². The Labute approximate surface area is 92.1 Å². The summed E-state index contributed by atoms with van der Waals surface area (Å²) in [4.78, 5) is 0. The van der Waals surface area contributed by atoms with Gasteiger partial charge in [0.15, 0.2) is 0 Å². The van der Waals surface area contributed by atoms with Gasteiger partial charge in [0.2, 0.25) is 0 Å². The first-order chi connectivity index (χ1) is 6.65. The molecule has 0 aliphatic heterocycles. The van der Waals surface area contributed by atoms with Crippen molar-refractivity contribution in [1.29, 1.82) is 0 Å². The first kappa shape index (κ1) is 11.4. The molecule has 0 spiro atoms. The van der Waals surface area contributed by atoms with Crippen LogP contribution in [0.3, 0.4) is 0 Å². The monoisotopic (exact) mass is 257 g/mol. The van der Waals surface area contributed by atoms with Gasteiger partial charge in [-0.25, -0.2) is 4.39 Å². The van der Waals surface area contributed by atoms with Crippen LogP contribution in [0.1, 0.15) is 12.5 Å². The Balaban J connectivity index is 2.96. The van der Waals surface area contributed by atoms with Gasteiger partial charge < -0.3 is 5.32 Å². The maximum Gasteiger partial charge on any atom is 0.144 e. The topological polar surface area (TPSA) is 12.0 Å². The van der Waals surface area contributed by atoms with Crippen molar-refractivity contribution in [3.05, 3.63) is 39.6 Å². The molecule has 1 aromatic carbocycles. The molecule has 0 amide bonds. The van der Waals surface area contributed by atoms with Gasteiger partial charge in [0.25, 0.3) is 0 Å². The summed E-state index contributed by atoms with van der Waals surface area (Å²) < 4.78 is 14.0. The lowest BCUT2D eigenvalue weighted by Gasteiger charge is -2.02. The van der Waals surface area contributed by atoms with Gasteiger partial charge in [0, 0.05) is 12.1 Å². The molecule has 0 unspecified atom stereocenters. The van der Waals surface area contributed by atoms with E-state index >= 15 is 0 Å². The highest BCUT2D eigenvalue weighted by atomic mass is 79.9. The van der Waals surface area contributed by atoms with Crippen molar-refractivity contribution in [1.82, 2.24) is 5.32 Å². The lowest BCUT2D eigenvalue weighted by atomic mass is 10.1. The third-order valence-electron chi connectivity index (χ3n) is 1.84. The SMILES string of the molecule is CNC/C(C)=C/c1cccc(Br)c1F. The summed E-state index contributed by atoms with van der Waals surface area (Å²) in [5.74, 6) is -0.206. The van der Waals surface area contributed by atoms with Crippen LogP contribution >= 0.6 is 15.9 Å². The molecule has 0 heterocycles. The molecule has 3 heteroatoms. The summed E-state index contributed by atoms with van der Waals surface area (Å²) in [7, 11) is 1.87. The Morgan fingerprint density at radius 1 is 1.57 bits per heavy atom. The van der Waals surface area contributed by atoms with Crippen LogP contribution in [0.2, 0.25) is 0 Å². The van der Waals surface area contributed by atoms with E-state index in [9.17, 15) is 4.39 Å². The minimum absolute atomic E-state index is 0.206. The number of benzene rings is 1. The van der Waals surface area contributed by atoms with Crippen LogP contribution in [0, 0.1) is 5.82 Å². The Morgan fingerprint density at radius 2 is 2.29 bits per heavy atom. The second-order valence-electron chi connectivity index (χ2n) is 3.16. The van der Waals surface area contributed by atoms with E-state index in [2.05, 4.69) is 21.2 Å². The number of rotatable bonds is 3. The van der Waals surface area contributed by atoms with Gasteiger partial charge in [0.1, 0.15) is 5.82 Å². The molecule has 0 aliphatic rings. The fourth-order valence-electron chi connectivity index (χ4n) is 1.23. The van der Waals surface area contributed by atoms with Crippen molar-refractivity contribution in [3.63, 3.8) is 0 Å². The van der Waals surface area contributed by atoms with E-state index in [0.717, 1.165) is 12.1 Å². The molecule has 0 aromatic heterocycles. The molecule has 0 radical (unpaired) electrons. The van der Waals surface area contributed by atoms with Crippen LogP contribution in [0.5, 0.6) is 0 Å². The van der Waals surface area contributed by atoms with Gasteiger partial charge in [-0.2, -0.15) is 0 Å². The molecular weight excluding hydrogens is 245 g/mol. The summed E-state index contributed by atoms with van der Waals surface area (Å²) in [5, 5.41) is 3.02. The zero-order valence-corrected chi connectivity index (χ0v) is 9.86. The Morgan fingerprint density at radius 3 is 2.93 bits per heavy atom. The summed E-state index contributed by atoms with van der Waals surface area (Å²) in [6, 6.07) is 5.28. The average molecular weight is 258 g/mol. The molecule has 0 bridgehead atoms. The third kappa shape index (κ3) is 2.93. The quantitative estimate of drug-likeness (QED) is 0.877. The number of likely N-dealkylation sites (N-methyl/N-ethyl adjacent to an activating group) is 1. The highest BCUT2D eigenvalue weighted by molar-refractivity contribution is 9.10. The first-order valence-corrected chi connectivity index (χ1v) is 5.20. The minimum atomic E-state index is -0.206. The van der Waals surface area contributed by atoms with Crippen molar-refractivity contribution in [2.45, 2.75) is 6.92 Å². The van der Waals surface area contributed by atoms with Crippen molar-refractivity contribution in [2.75, 3.05) is 13.6 Å². The summed E-state index contributed by atoms with van der Waals surface area (Å²) >= 11 is 3.16. The van der Waals surface area contributed by atoms with Gasteiger partial charge in [-0.1, -0.05) is 23.8 Å². The van der Waals surface area contributed by atoms with Gasteiger partial charge >= 0.3 is 0 Å². The van der Waals surface area contributed by atoms with Crippen LogP contribution in [0.4, 0.5) is 4.39 Å². The molecule has 0 fully saturated rings. The second-order valence-corrected chi connectivity index (χ2v) is 4.02. The molecule has 1 N–H and O–H groups in total. The highest BCUT2D eigenvalue weighted by Crippen LogP contribution is 2.20. The number of nitrogens with one attached hydrogen (secondary N) is 1. The van der Waals surface area contributed by atoms with Gasteiger partial charge in [-0.05, 0) is 36.0 Å². The van der Waals surface area contributed by atoms with E-state index < -0.39 is 0 Å². The van der Waals surface area contributed by atoms with Gasteiger partial charge in [0.05, 0.1) is 4.47 Å². The molecule has 76 valence electrons. The van der Waals surface area contributed by atoms with Crippen LogP contribution in [0.15, 0.2) is 28.2 Å². The fraction of sp³-hybridized carbons (Fsp3) is 0.273. The van der Waals surface area contributed by atoms with E-state index in [1.165, 1.54) is 0 Å². The predicted molar refractivity (Wildman–Crippen MR) is 61.7 cm³/mol. The lowest BCUT2D eigenvalue weighted by Crippen LogP contribution is -2.08. The maximum atomic E-state index is 13.5. The van der Waals surface area contributed by atoms with Crippen molar-refractivity contribution >= 4 is 22.0 Å². The van der Waals surface area contributed by atoms with E-state index in [-0.39, 0.29) is 5.82 Å². The third-order valence-corrected chi connectivity index (χ3v) is 2.45. The predicted octanol–water partition coefficient (Wildman–Crippen LogP) is 3.21. The minimum Gasteiger partial charge on any atom is -0.316 e. The average Bonchev–Trinajstić information content (AvgIpc) is 2.13. The van der Waals surface area contributed by atoms with Crippen molar-refractivity contribution < 1.29 is 4.39 Å². The summed E-state index contributed by atoms with van der Waals surface area (Å²) in [6.07, 6.45) is 1.84. The smallest absolute Gasteiger partial charge is 0.144 e. The maximum absolute atomic E-state index is 13.5. The summed E-state index contributed by atoms with van der Waals surface area (Å²) in [6.45, 7) is 2.74. The van der Waals surface area contributed by atoms with E-state index in [1.54, 1.807) is 12.1 Å². The normalized spacial score (nSPS) is 11.9. The second kappa shape index (κ2) is 5.27. The highest BCUT2D eigenvalue weighted by Gasteiger charge is 2.02.